The van der Waals surface area contributed by atoms with E-state index in [0.29, 0.717) is 24.1 Å². The Kier molecular flexibility index (Phi) is 6.71. The van der Waals surface area contributed by atoms with E-state index in [-0.39, 0.29) is 24.5 Å². The Labute approximate surface area is 148 Å². The number of benzene rings is 2. The van der Waals surface area contributed by atoms with Crippen LogP contribution in [0.1, 0.15) is 41.7 Å². The molecule has 0 aromatic heterocycles. The number of nitrogens with zero attached hydrogens (tertiary/aromatic N) is 1. The average molecular weight is 340 g/mol. The standard InChI is InChI=1S/C20H24N2O3/c1-3-19(24)21-17-11-7-10-16(14-17)20(25)22(2)18(12-13-23)15-8-5-4-6-9-15/h4-11,14,18,23H,3,12-13H2,1-2H3,(H,21,24). The van der Waals surface area contributed by atoms with Gasteiger partial charge in [0.1, 0.15) is 0 Å². The summed E-state index contributed by atoms with van der Waals surface area (Å²) in [7, 11) is 1.73. The number of hydrogen-bond donors (Lipinski definition) is 2. The number of anilines is 1. The molecular formula is C20H24N2O3. The molecule has 0 spiro atoms. The third kappa shape index (κ3) is 4.90. The van der Waals surface area contributed by atoms with Crippen LogP contribution in [0.5, 0.6) is 0 Å². The first kappa shape index (κ1) is 18.7. The van der Waals surface area contributed by atoms with Gasteiger partial charge in [0.25, 0.3) is 5.91 Å². The molecular weight excluding hydrogens is 316 g/mol. The molecule has 132 valence electrons. The van der Waals surface area contributed by atoms with Crippen molar-refractivity contribution in [1.29, 1.82) is 0 Å². The molecule has 0 heterocycles. The summed E-state index contributed by atoms with van der Waals surface area (Å²) in [4.78, 5) is 26.0. The summed E-state index contributed by atoms with van der Waals surface area (Å²) in [6.07, 6.45) is 0.836. The van der Waals surface area contributed by atoms with Gasteiger partial charge in [-0.1, -0.05) is 43.3 Å². The number of nitrogens with one attached hydrogen (secondary N) is 1. The van der Waals surface area contributed by atoms with Gasteiger partial charge in [0, 0.05) is 31.3 Å². The zero-order valence-electron chi connectivity index (χ0n) is 14.6. The Morgan fingerprint density at radius 2 is 1.84 bits per heavy atom. The van der Waals surface area contributed by atoms with Crippen molar-refractivity contribution in [2.75, 3.05) is 19.0 Å². The Balaban J connectivity index is 2.22. The fraction of sp³-hybridized carbons (Fsp3) is 0.300. The van der Waals surface area contributed by atoms with E-state index in [1.807, 2.05) is 30.3 Å². The van der Waals surface area contributed by atoms with E-state index in [1.165, 1.54) is 0 Å². The fourth-order valence-corrected chi connectivity index (χ4v) is 2.71. The second kappa shape index (κ2) is 8.99. The van der Waals surface area contributed by atoms with Crippen LogP contribution >= 0.6 is 0 Å². The van der Waals surface area contributed by atoms with Gasteiger partial charge in [0.2, 0.25) is 5.91 Å². The predicted octanol–water partition coefficient (Wildman–Crippen LogP) is 3.23. The Morgan fingerprint density at radius 3 is 2.48 bits per heavy atom. The van der Waals surface area contributed by atoms with Crippen LogP contribution in [0, 0.1) is 0 Å². The highest BCUT2D eigenvalue weighted by Gasteiger charge is 2.22. The molecule has 5 heteroatoms. The summed E-state index contributed by atoms with van der Waals surface area (Å²) in [5, 5.41) is 12.1. The van der Waals surface area contributed by atoms with E-state index in [4.69, 9.17) is 0 Å². The van der Waals surface area contributed by atoms with Crippen molar-refractivity contribution >= 4 is 17.5 Å². The normalized spacial score (nSPS) is 11.6. The summed E-state index contributed by atoms with van der Waals surface area (Å²) < 4.78 is 0. The van der Waals surface area contributed by atoms with Crippen molar-refractivity contribution in [3.63, 3.8) is 0 Å². The minimum Gasteiger partial charge on any atom is -0.396 e. The van der Waals surface area contributed by atoms with Crippen molar-refractivity contribution < 1.29 is 14.7 Å². The SMILES string of the molecule is CCC(=O)Nc1cccc(C(=O)N(C)C(CCO)c2ccccc2)c1. The van der Waals surface area contributed by atoms with E-state index < -0.39 is 0 Å². The van der Waals surface area contributed by atoms with Crippen molar-refractivity contribution in [3.8, 4) is 0 Å². The maximum Gasteiger partial charge on any atom is 0.254 e. The minimum absolute atomic E-state index is 0.0101. The van der Waals surface area contributed by atoms with Crippen LogP contribution in [0.25, 0.3) is 0 Å². The lowest BCUT2D eigenvalue weighted by Crippen LogP contribution is -2.32. The van der Waals surface area contributed by atoms with Crippen molar-refractivity contribution in [3.05, 3.63) is 65.7 Å². The molecule has 0 fully saturated rings. The van der Waals surface area contributed by atoms with Gasteiger partial charge < -0.3 is 15.3 Å². The number of amides is 2. The van der Waals surface area contributed by atoms with Gasteiger partial charge in [0.15, 0.2) is 0 Å². The average Bonchev–Trinajstić information content (AvgIpc) is 2.65. The molecule has 0 bridgehead atoms. The van der Waals surface area contributed by atoms with Gasteiger partial charge in [-0.3, -0.25) is 9.59 Å². The monoisotopic (exact) mass is 340 g/mol. The van der Waals surface area contributed by atoms with Crippen LogP contribution in [0.3, 0.4) is 0 Å². The van der Waals surface area contributed by atoms with E-state index in [9.17, 15) is 14.7 Å². The largest absolute Gasteiger partial charge is 0.396 e. The molecule has 0 radical (unpaired) electrons. The number of hydrogen-bond acceptors (Lipinski definition) is 3. The highest BCUT2D eigenvalue weighted by atomic mass is 16.3. The Hall–Kier alpha value is -2.66. The van der Waals surface area contributed by atoms with Crippen LogP contribution in [0.15, 0.2) is 54.6 Å². The van der Waals surface area contributed by atoms with Gasteiger partial charge in [-0.15, -0.1) is 0 Å². The lowest BCUT2D eigenvalue weighted by molar-refractivity contribution is -0.115. The quantitative estimate of drug-likeness (QED) is 0.813. The van der Waals surface area contributed by atoms with E-state index in [1.54, 1.807) is 43.1 Å². The van der Waals surface area contributed by atoms with Gasteiger partial charge in [-0.05, 0) is 30.2 Å². The molecule has 2 aromatic carbocycles. The highest BCUT2D eigenvalue weighted by Crippen LogP contribution is 2.25. The van der Waals surface area contributed by atoms with Crippen molar-refractivity contribution in [2.45, 2.75) is 25.8 Å². The molecule has 1 atom stereocenters. The van der Waals surface area contributed by atoms with Gasteiger partial charge >= 0.3 is 0 Å². The second-order valence-electron chi connectivity index (χ2n) is 5.84. The molecule has 5 nitrogen and oxygen atoms in total. The highest BCUT2D eigenvalue weighted by molar-refractivity contribution is 5.97. The number of rotatable bonds is 7. The second-order valence-corrected chi connectivity index (χ2v) is 5.84. The molecule has 2 N–H and O–H groups in total. The van der Waals surface area contributed by atoms with Crippen LogP contribution in [0.4, 0.5) is 5.69 Å². The molecule has 25 heavy (non-hydrogen) atoms. The Morgan fingerprint density at radius 1 is 1.12 bits per heavy atom. The molecule has 1 unspecified atom stereocenters. The molecule has 0 aliphatic rings. The molecule has 0 aliphatic heterocycles. The molecule has 2 aromatic rings. The number of aliphatic hydroxyl groups is 1. The molecule has 2 amide bonds. The molecule has 0 aliphatic carbocycles. The van der Waals surface area contributed by atoms with E-state index in [2.05, 4.69) is 5.32 Å². The lowest BCUT2D eigenvalue weighted by atomic mass is 10.0. The summed E-state index contributed by atoms with van der Waals surface area (Å²) >= 11 is 0. The smallest absolute Gasteiger partial charge is 0.254 e. The molecule has 0 saturated carbocycles. The third-order valence-electron chi connectivity index (χ3n) is 4.09. The summed E-state index contributed by atoms with van der Waals surface area (Å²) in [5.74, 6) is -0.254. The first-order valence-corrected chi connectivity index (χ1v) is 8.39. The van der Waals surface area contributed by atoms with Crippen LogP contribution in [-0.4, -0.2) is 35.5 Å². The topological polar surface area (TPSA) is 69.6 Å². The third-order valence-corrected chi connectivity index (χ3v) is 4.09. The predicted molar refractivity (Wildman–Crippen MR) is 98.3 cm³/mol. The van der Waals surface area contributed by atoms with Gasteiger partial charge in [-0.25, -0.2) is 0 Å². The number of aliphatic hydroxyl groups excluding tert-OH is 1. The number of carbonyl (C=O) groups excluding carboxylic acids is 2. The Bertz CT molecular complexity index is 716. The summed E-state index contributed by atoms with van der Waals surface area (Å²) in [5.41, 5.74) is 2.07. The minimum atomic E-state index is -0.215. The zero-order valence-corrected chi connectivity index (χ0v) is 14.6. The maximum absolute atomic E-state index is 12.9. The number of carbonyl (C=O) groups is 2. The van der Waals surface area contributed by atoms with Crippen molar-refractivity contribution in [1.82, 2.24) is 4.90 Å². The first-order chi connectivity index (χ1) is 12.1. The zero-order chi connectivity index (χ0) is 18.2. The van der Waals surface area contributed by atoms with E-state index >= 15 is 0 Å². The molecule has 0 saturated heterocycles. The van der Waals surface area contributed by atoms with Crippen molar-refractivity contribution in [2.24, 2.45) is 0 Å². The van der Waals surface area contributed by atoms with Crippen LogP contribution in [-0.2, 0) is 4.79 Å². The fourth-order valence-electron chi connectivity index (χ4n) is 2.71. The lowest BCUT2D eigenvalue weighted by Gasteiger charge is -2.28. The summed E-state index contributed by atoms with van der Waals surface area (Å²) in [6.45, 7) is 1.77. The maximum atomic E-state index is 12.9. The van der Waals surface area contributed by atoms with Gasteiger partial charge in [-0.2, -0.15) is 0 Å². The van der Waals surface area contributed by atoms with Crippen LogP contribution in [0.2, 0.25) is 0 Å². The van der Waals surface area contributed by atoms with E-state index in [0.717, 1.165) is 5.56 Å². The summed E-state index contributed by atoms with van der Waals surface area (Å²) in [6, 6.07) is 16.3. The van der Waals surface area contributed by atoms with Crippen LogP contribution < -0.4 is 5.32 Å². The first-order valence-electron chi connectivity index (χ1n) is 8.39. The molecule has 2 rings (SSSR count). The van der Waals surface area contributed by atoms with Gasteiger partial charge in [0.05, 0.1) is 6.04 Å².